The van der Waals surface area contributed by atoms with Crippen molar-refractivity contribution in [2.75, 3.05) is 26.7 Å². The number of rotatable bonds is 8. The maximum atomic E-state index is 4.04. The summed E-state index contributed by atoms with van der Waals surface area (Å²) in [6.45, 7) is 9.98. The van der Waals surface area contributed by atoms with E-state index >= 15 is 0 Å². The molecule has 1 rings (SSSR count). The first-order valence-electron chi connectivity index (χ1n) is 6.94. The lowest BCUT2D eigenvalue weighted by Crippen LogP contribution is -2.43. The summed E-state index contributed by atoms with van der Waals surface area (Å²) >= 11 is 0. The van der Waals surface area contributed by atoms with Crippen molar-refractivity contribution in [3.8, 4) is 0 Å². The highest BCUT2D eigenvalue weighted by molar-refractivity contribution is 5.09. The summed E-state index contributed by atoms with van der Waals surface area (Å²) in [5.41, 5.74) is 1.36. The third-order valence-corrected chi connectivity index (χ3v) is 3.31. The number of pyridine rings is 1. The number of nitrogens with one attached hydrogen (secondary N) is 1. The zero-order chi connectivity index (χ0) is 13.4. The summed E-state index contributed by atoms with van der Waals surface area (Å²) in [7, 11) is 2.20. The minimum Gasteiger partial charge on any atom is -0.313 e. The molecule has 0 aromatic carbocycles. The molecular weight excluding hydrogens is 222 g/mol. The number of likely N-dealkylation sites (N-methyl/N-ethyl adjacent to an activating group) is 2. The summed E-state index contributed by atoms with van der Waals surface area (Å²) in [6.07, 6.45) is 4.83. The van der Waals surface area contributed by atoms with Crippen LogP contribution in [0.2, 0.25) is 0 Å². The zero-order valence-electron chi connectivity index (χ0n) is 12.2. The molecule has 0 radical (unpaired) electrons. The molecule has 1 atom stereocenters. The predicted octanol–water partition coefficient (Wildman–Crippen LogP) is 2.19. The summed E-state index contributed by atoms with van der Waals surface area (Å²) < 4.78 is 0. The quantitative estimate of drug-likeness (QED) is 0.765. The molecule has 3 heteroatoms. The number of hydrogen-bond acceptors (Lipinski definition) is 3. The molecule has 1 unspecified atom stereocenters. The second-order valence-corrected chi connectivity index (χ2v) is 5.28. The Morgan fingerprint density at radius 2 is 1.94 bits per heavy atom. The molecule has 1 aromatic heterocycles. The lowest BCUT2D eigenvalue weighted by Gasteiger charge is -2.27. The summed E-state index contributed by atoms with van der Waals surface area (Å²) in [5.74, 6) is 0.674. The molecule has 102 valence electrons. The Kier molecular flexibility index (Phi) is 6.91. The van der Waals surface area contributed by atoms with Crippen molar-refractivity contribution in [2.45, 2.75) is 33.2 Å². The van der Waals surface area contributed by atoms with Crippen LogP contribution in [-0.4, -0.2) is 42.6 Å². The van der Waals surface area contributed by atoms with Gasteiger partial charge in [-0.15, -0.1) is 0 Å². The van der Waals surface area contributed by atoms with Gasteiger partial charge in [-0.05, 0) is 43.6 Å². The van der Waals surface area contributed by atoms with Crippen molar-refractivity contribution >= 4 is 0 Å². The van der Waals surface area contributed by atoms with Crippen LogP contribution in [-0.2, 0) is 6.42 Å². The van der Waals surface area contributed by atoms with Crippen LogP contribution < -0.4 is 5.32 Å². The average Bonchev–Trinajstić information content (AvgIpc) is 2.37. The molecule has 1 aromatic rings. The van der Waals surface area contributed by atoms with E-state index in [2.05, 4.69) is 55.2 Å². The van der Waals surface area contributed by atoms with Gasteiger partial charge in [-0.1, -0.05) is 20.8 Å². The molecule has 0 aliphatic carbocycles. The van der Waals surface area contributed by atoms with E-state index < -0.39 is 0 Å². The van der Waals surface area contributed by atoms with Gasteiger partial charge in [0.15, 0.2) is 0 Å². The van der Waals surface area contributed by atoms with Gasteiger partial charge < -0.3 is 10.2 Å². The van der Waals surface area contributed by atoms with Crippen LogP contribution >= 0.6 is 0 Å². The van der Waals surface area contributed by atoms with Gasteiger partial charge >= 0.3 is 0 Å². The monoisotopic (exact) mass is 249 g/mol. The first kappa shape index (κ1) is 15.1. The molecule has 0 saturated heterocycles. The second-order valence-electron chi connectivity index (χ2n) is 5.28. The van der Waals surface area contributed by atoms with Crippen LogP contribution in [0.1, 0.15) is 26.3 Å². The van der Waals surface area contributed by atoms with Crippen molar-refractivity contribution in [1.82, 2.24) is 15.2 Å². The van der Waals surface area contributed by atoms with E-state index in [1.54, 1.807) is 0 Å². The van der Waals surface area contributed by atoms with Crippen molar-refractivity contribution in [3.05, 3.63) is 30.1 Å². The van der Waals surface area contributed by atoms with Crippen molar-refractivity contribution in [3.63, 3.8) is 0 Å². The van der Waals surface area contributed by atoms with Crippen LogP contribution in [0.5, 0.6) is 0 Å². The van der Waals surface area contributed by atoms with Gasteiger partial charge in [0.2, 0.25) is 0 Å². The topological polar surface area (TPSA) is 28.2 Å². The molecule has 0 fully saturated rings. The van der Waals surface area contributed by atoms with E-state index in [4.69, 9.17) is 0 Å². The van der Waals surface area contributed by atoms with E-state index in [0.29, 0.717) is 12.0 Å². The fourth-order valence-electron chi connectivity index (χ4n) is 2.07. The Morgan fingerprint density at radius 1 is 1.28 bits per heavy atom. The predicted molar refractivity (Wildman–Crippen MR) is 77.7 cm³/mol. The van der Waals surface area contributed by atoms with Crippen LogP contribution in [0.4, 0.5) is 0 Å². The summed E-state index contributed by atoms with van der Waals surface area (Å²) in [6, 6.07) is 4.77. The molecule has 3 nitrogen and oxygen atoms in total. The van der Waals surface area contributed by atoms with Crippen LogP contribution in [0.3, 0.4) is 0 Å². The average molecular weight is 249 g/mol. The van der Waals surface area contributed by atoms with Crippen LogP contribution in [0, 0.1) is 5.92 Å². The van der Waals surface area contributed by atoms with E-state index in [1.807, 2.05) is 12.4 Å². The maximum absolute atomic E-state index is 4.04. The molecule has 0 saturated carbocycles. The normalized spacial score (nSPS) is 13.2. The molecule has 18 heavy (non-hydrogen) atoms. The smallest absolute Gasteiger partial charge is 0.0270 e. The Labute approximate surface area is 112 Å². The number of hydrogen-bond donors (Lipinski definition) is 1. The van der Waals surface area contributed by atoms with Gasteiger partial charge in [0.1, 0.15) is 0 Å². The highest BCUT2D eigenvalue weighted by Gasteiger charge is 2.13. The number of aromatic nitrogens is 1. The minimum atomic E-state index is 0.581. The Hall–Kier alpha value is -0.930. The molecule has 0 aliphatic rings. The van der Waals surface area contributed by atoms with Gasteiger partial charge in [0, 0.05) is 31.5 Å². The number of nitrogens with zero attached hydrogens (tertiary/aromatic N) is 2. The Morgan fingerprint density at radius 3 is 2.50 bits per heavy atom. The van der Waals surface area contributed by atoms with E-state index in [1.165, 1.54) is 5.56 Å². The maximum Gasteiger partial charge on any atom is 0.0270 e. The lowest BCUT2D eigenvalue weighted by atomic mass is 10.0. The standard InChI is InChI=1S/C15H27N3/c1-5-17-15(13(2)3)12-18(4)11-8-14-6-9-16-10-7-14/h6-7,9-10,13,15,17H,5,8,11-12H2,1-4H3. The SMILES string of the molecule is CCNC(CN(C)CCc1ccncc1)C(C)C. The summed E-state index contributed by atoms with van der Waals surface area (Å²) in [5, 5.41) is 3.56. The largest absolute Gasteiger partial charge is 0.313 e. The molecule has 0 amide bonds. The molecule has 0 bridgehead atoms. The van der Waals surface area contributed by atoms with Crippen LogP contribution in [0.25, 0.3) is 0 Å². The first-order valence-corrected chi connectivity index (χ1v) is 6.94. The van der Waals surface area contributed by atoms with Gasteiger partial charge in [-0.25, -0.2) is 0 Å². The van der Waals surface area contributed by atoms with Crippen molar-refractivity contribution in [2.24, 2.45) is 5.92 Å². The fourth-order valence-corrected chi connectivity index (χ4v) is 2.07. The second kappa shape index (κ2) is 8.22. The van der Waals surface area contributed by atoms with Gasteiger partial charge in [-0.2, -0.15) is 0 Å². The molecular formula is C15H27N3. The molecule has 0 aliphatic heterocycles. The first-order chi connectivity index (χ1) is 8.63. The summed E-state index contributed by atoms with van der Waals surface area (Å²) in [4.78, 5) is 6.46. The third kappa shape index (κ3) is 5.61. The zero-order valence-corrected chi connectivity index (χ0v) is 12.2. The van der Waals surface area contributed by atoms with Gasteiger partial charge in [0.25, 0.3) is 0 Å². The minimum absolute atomic E-state index is 0.581. The highest BCUT2D eigenvalue weighted by atomic mass is 15.1. The Balaban J connectivity index is 2.34. The van der Waals surface area contributed by atoms with Crippen LogP contribution in [0.15, 0.2) is 24.5 Å². The molecule has 0 spiro atoms. The van der Waals surface area contributed by atoms with E-state index in [-0.39, 0.29) is 0 Å². The Bertz CT molecular complexity index is 311. The van der Waals surface area contributed by atoms with Crippen molar-refractivity contribution in [1.29, 1.82) is 0 Å². The lowest BCUT2D eigenvalue weighted by molar-refractivity contribution is 0.259. The third-order valence-electron chi connectivity index (χ3n) is 3.31. The van der Waals surface area contributed by atoms with Gasteiger partial charge in [-0.3, -0.25) is 4.98 Å². The fraction of sp³-hybridized carbons (Fsp3) is 0.667. The molecule has 1 N–H and O–H groups in total. The van der Waals surface area contributed by atoms with Gasteiger partial charge in [0.05, 0.1) is 0 Å². The van der Waals surface area contributed by atoms with E-state index in [9.17, 15) is 0 Å². The highest BCUT2D eigenvalue weighted by Crippen LogP contribution is 2.05. The van der Waals surface area contributed by atoms with E-state index in [0.717, 1.165) is 26.1 Å². The molecule has 1 heterocycles. The van der Waals surface area contributed by atoms with Crippen molar-refractivity contribution < 1.29 is 0 Å².